The van der Waals surface area contributed by atoms with Gasteiger partial charge in [0.15, 0.2) is 12.3 Å². The molecule has 5 nitrogen and oxygen atoms in total. The molecular weight excluding hydrogens is 244 g/mol. The molecule has 5 heteroatoms. The van der Waals surface area contributed by atoms with Crippen LogP contribution >= 0.6 is 0 Å². The summed E-state index contributed by atoms with van der Waals surface area (Å²) in [6.45, 7) is 2.39. The Bertz CT molecular complexity index is 432. The van der Waals surface area contributed by atoms with E-state index in [1.807, 2.05) is 37.3 Å². The maximum atomic E-state index is 11.7. The summed E-state index contributed by atoms with van der Waals surface area (Å²) in [6.07, 6.45) is 1.36. The predicted octanol–water partition coefficient (Wildman–Crippen LogP) is 0.439. The third kappa shape index (κ3) is 5.33. The van der Waals surface area contributed by atoms with Crippen molar-refractivity contribution in [2.75, 3.05) is 6.54 Å². The molecule has 0 aliphatic rings. The van der Waals surface area contributed by atoms with Gasteiger partial charge in [0, 0.05) is 6.54 Å². The molecule has 0 heterocycles. The van der Waals surface area contributed by atoms with Crippen LogP contribution in [0.25, 0.3) is 0 Å². The van der Waals surface area contributed by atoms with Gasteiger partial charge in [0.1, 0.15) is 0 Å². The van der Waals surface area contributed by atoms with E-state index < -0.39 is 11.9 Å². The molecule has 0 aromatic heterocycles. The number of carbonyl (C=O) groups excluding carboxylic acids is 3. The minimum Gasteiger partial charge on any atom is -0.354 e. The predicted molar refractivity (Wildman–Crippen MR) is 71.4 cm³/mol. The average Bonchev–Trinajstić information content (AvgIpc) is 2.43. The highest BCUT2D eigenvalue weighted by molar-refractivity contribution is 5.99. The van der Waals surface area contributed by atoms with Crippen LogP contribution in [0.3, 0.4) is 0 Å². The Morgan fingerprint density at radius 3 is 2.53 bits per heavy atom. The van der Waals surface area contributed by atoms with Crippen molar-refractivity contribution in [1.82, 2.24) is 10.6 Å². The van der Waals surface area contributed by atoms with E-state index in [2.05, 4.69) is 10.6 Å². The van der Waals surface area contributed by atoms with E-state index >= 15 is 0 Å². The molecule has 102 valence electrons. The van der Waals surface area contributed by atoms with E-state index in [9.17, 15) is 14.4 Å². The lowest BCUT2D eigenvalue weighted by Gasteiger charge is -2.12. The highest BCUT2D eigenvalue weighted by Gasteiger charge is 2.19. The number of carbonyl (C=O) groups is 3. The Morgan fingerprint density at radius 1 is 1.26 bits per heavy atom. The van der Waals surface area contributed by atoms with Gasteiger partial charge in [-0.1, -0.05) is 37.3 Å². The first kappa shape index (κ1) is 14.9. The van der Waals surface area contributed by atoms with Gasteiger partial charge >= 0.3 is 0 Å². The summed E-state index contributed by atoms with van der Waals surface area (Å²) in [5.41, 5.74) is 0.832. The Kier molecular flexibility index (Phi) is 6.29. The lowest BCUT2D eigenvalue weighted by Crippen LogP contribution is -2.48. The molecule has 0 saturated heterocycles. The topological polar surface area (TPSA) is 75.3 Å². The Labute approximate surface area is 112 Å². The number of hydrogen-bond acceptors (Lipinski definition) is 3. The number of hydrogen-bond donors (Lipinski definition) is 2. The molecule has 2 N–H and O–H groups in total. The van der Waals surface area contributed by atoms with Gasteiger partial charge < -0.3 is 15.4 Å². The average molecular weight is 262 g/mol. The van der Waals surface area contributed by atoms with Crippen LogP contribution in [0, 0.1) is 0 Å². The standard InChI is InChI=1S/C14H18N2O3/c1-2-8-15-14(19)12(10-17)16-13(18)9-11-6-4-3-5-7-11/h3-7,10,12H,2,8-9H2,1H3,(H,15,19)(H,16,18). The van der Waals surface area contributed by atoms with Crippen LogP contribution in [0.5, 0.6) is 0 Å². The van der Waals surface area contributed by atoms with Crippen molar-refractivity contribution in [3.8, 4) is 0 Å². The zero-order chi connectivity index (χ0) is 14.1. The van der Waals surface area contributed by atoms with E-state index in [1.54, 1.807) is 0 Å². The third-order valence-corrected chi connectivity index (χ3v) is 2.49. The summed E-state index contributed by atoms with van der Waals surface area (Å²) in [6, 6.07) is 8.01. The van der Waals surface area contributed by atoms with E-state index in [-0.39, 0.29) is 12.3 Å². The summed E-state index contributed by atoms with van der Waals surface area (Å²) >= 11 is 0. The molecule has 1 atom stereocenters. The quantitative estimate of drug-likeness (QED) is 0.553. The Morgan fingerprint density at radius 2 is 1.95 bits per heavy atom. The van der Waals surface area contributed by atoms with Gasteiger partial charge in [0.2, 0.25) is 11.8 Å². The molecule has 0 bridgehead atoms. The smallest absolute Gasteiger partial charge is 0.250 e. The molecule has 1 aromatic rings. The SMILES string of the molecule is CCCNC(=O)C(C=O)NC(=O)Cc1ccccc1. The van der Waals surface area contributed by atoms with Crippen molar-refractivity contribution >= 4 is 18.1 Å². The summed E-state index contributed by atoms with van der Waals surface area (Å²) in [7, 11) is 0. The number of amides is 2. The fourth-order valence-electron chi connectivity index (χ4n) is 1.53. The molecule has 0 spiro atoms. The van der Waals surface area contributed by atoms with Gasteiger partial charge in [-0.25, -0.2) is 0 Å². The van der Waals surface area contributed by atoms with Crippen LogP contribution in [0.15, 0.2) is 30.3 Å². The largest absolute Gasteiger partial charge is 0.354 e. The minimum atomic E-state index is -1.12. The first-order valence-corrected chi connectivity index (χ1v) is 6.23. The van der Waals surface area contributed by atoms with E-state index in [0.717, 1.165) is 12.0 Å². The van der Waals surface area contributed by atoms with Crippen molar-refractivity contribution in [2.45, 2.75) is 25.8 Å². The number of rotatable bonds is 7. The number of aldehydes is 1. The van der Waals surface area contributed by atoms with Crippen molar-refractivity contribution < 1.29 is 14.4 Å². The van der Waals surface area contributed by atoms with Crippen molar-refractivity contribution in [3.63, 3.8) is 0 Å². The summed E-state index contributed by atoms with van der Waals surface area (Å²) < 4.78 is 0. The molecule has 0 saturated carbocycles. The fraction of sp³-hybridized carbons (Fsp3) is 0.357. The Balaban J connectivity index is 2.49. The molecule has 1 unspecified atom stereocenters. The van der Waals surface area contributed by atoms with Crippen LogP contribution in [-0.2, 0) is 20.8 Å². The molecular formula is C14H18N2O3. The van der Waals surface area contributed by atoms with Crippen LogP contribution < -0.4 is 10.6 Å². The van der Waals surface area contributed by atoms with Crippen molar-refractivity contribution in [3.05, 3.63) is 35.9 Å². The summed E-state index contributed by atoms with van der Waals surface area (Å²) in [4.78, 5) is 34.1. The van der Waals surface area contributed by atoms with Crippen LogP contribution in [-0.4, -0.2) is 30.7 Å². The number of benzene rings is 1. The fourth-order valence-corrected chi connectivity index (χ4v) is 1.53. The van der Waals surface area contributed by atoms with Gasteiger partial charge in [0.25, 0.3) is 0 Å². The highest BCUT2D eigenvalue weighted by atomic mass is 16.2. The molecule has 0 aliphatic heterocycles. The third-order valence-electron chi connectivity index (χ3n) is 2.49. The van der Waals surface area contributed by atoms with Gasteiger partial charge in [-0.2, -0.15) is 0 Å². The molecule has 2 amide bonds. The Hall–Kier alpha value is -2.17. The second-order valence-corrected chi connectivity index (χ2v) is 4.13. The van der Waals surface area contributed by atoms with E-state index in [0.29, 0.717) is 12.8 Å². The zero-order valence-corrected chi connectivity index (χ0v) is 10.9. The summed E-state index contributed by atoms with van der Waals surface area (Å²) in [5, 5.41) is 4.97. The molecule has 1 aromatic carbocycles. The van der Waals surface area contributed by atoms with Gasteiger partial charge in [-0.3, -0.25) is 9.59 Å². The van der Waals surface area contributed by atoms with Crippen molar-refractivity contribution in [2.24, 2.45) is 0 Å². The first-order valence-electron chi connectivity index (χ1n) is 6.23. The summed E-state index contributed by atoms with van der Waals surface area (Å²) in [5.74, 6) is -0.826. The monoisotopic (exact) mass is 262 g/mol. The molecule has 0 radical (unpaired) electrons. The van der Waals surface area contributed by atoms with E-state index in [4.69, 9.17) is 0 Å². The lowest BCUT2D eigenvalue weighted by molar-refractivity contribution is -0.131. The van der Waals surface area contributed by atoms with Gasteiger partial charge in [-0.05, 0) is 12.0 Å². The second-order valence-electron chi connectivity index (χ2n) is 4.13. The van der Waals surface area contributed by atoms with Gasteiger partial charge in [-0.15, -0.1) is 0 Å². The highest BCUT2D eigenvalue weighted by Crippen LogP contribution is 1.99. The van der Waals surface area contributed by atoms with Crippen molar-refractivity contribution in [1.29, 1.82) is 0 Å². The number of nitrogens with one attached hydrogen (secondary N) is 2. The maximum Gasteiger partial charge on any atom is 0.250 e. The minimum absolute atomic E-state index is 0.145. The van der Waals surface area contributed by atoms with Crippen LogP contribution in [0.2, 0.25) is 0 Å². The second kappa shape index (κ2) is 8.02. The maximum absolute atomic E-state index is 11.7. The zero-order valence-electron chi connectivity index (χ0n) is 10.9. The molecule has 0 aliphatic carbocycles. The van der Waals surface area contributed by atoms with Gasteiger partial charge in [0.05, 0.1) is 6.42 Å². The lowest BCUT2D eigenvalue weighted by atomic mass is 10.1. The normalized spacial score (nSPS) is 11.4. The molecule has 19 heavy (non-hydrogen) atoms. The van der Waals surface area contributed by atoms with Crippen LogP contribution in [0.1, 0.15) is 18.9 Å². The molecule has 1 rings (SSSR count). The van der Waals surface area contributed by atoms with Crippen LogP contribution in [0.4, 0.5) is 0 Å². The first-order chi connectivity index (χ1) is 9.17. The molecule has 0 fully saturated rings. The van der Waals surface area contributed by atoms with E-state index in [1.165, 1.54) is 0 Å².